The maximum Gasteiger partial charge on any atom is 0.00924 e. The molecule has 0 aromatic heterocycles. The van der Waals surface area contributed by atoms with Gasteiger partial charge >= 0.3 is 0 Å². The van der Waals surface area contributed by atoms with E-state index in [2.05, 4.69) is 33.1 Å². The van der Waals surface area contributed by atoms with Gasteiger partial charge in [-0.05, 0) is 44.1 Å². The topological polar surface area (TPSA) is 12.0 Å². The van der Waals surface area contributed by atoms with Crippen molar-refractivity contribution >= 4 is 0 Å². The van der Waals surface area contributed by atoms with Crippen molar-refractivity contribution in [3.8, 4) is 0 Å². The van der Waals surface area contributed by atoms with Crippen LogP contribution < -0.4 is 5.32 Å². The average Bonchev–Trinajstić information content (AvgIpc) is 2.05. The van der Waals surface area contributed by atoms with Crippen LogP contribution >= 0.6 is 0 Å². The second kappa shape index (κ2) is 4.27. The highest BCUT2D eigenvalue weighted by molar-refractivity contribution is 4.82. The van der Waals surface area contributed by atoms with Gasteiger partial charge in [0, 0.05) is 6.04 Å². The predicted molar refractivity (Wildman–Crippen MR) is 54.2 cm³/mol. The predicted octanol–water partition coefficient (Wildman–Crippen LogP) is 2.67. The van der Waals surface area contributed by atoms with Crippen LogP contribution in [0.2, 0.25) is 0 Å². The lowest BCUT2D eigenvalue weighted by atomic mass is 9.75. The molecule has 1 aliphatic carbocycles. The van der Waals surface area contributed by atoms with E-state index >= 15 is 0 Å². The van der Waals surface area contributed by atoms with E-state index in [0.29, 0.717) is 0 Å². The zero-order valence-corrected chi connectivity index (χ0v) is 8.93. The smallest absolute Gasteiger partial charge is 0.00924 e. The maximum absolute atomic E-state index is 3.44. The summed E-state index contributed by atoms with van der Waals surface area (Å²) in [4.78, 5) is 0. The monoisotopic (exact) mass is 169 g/mol. The summed E-state index contributed by atoms with van der Waals surface area (Å²) in [6, 6.07) is 0.770. The Balaban J connectivity index is 2.44. The molecular weight excluding hydrogens is 146 g/mol. The standard InChI is InChI=1S/C11H23N/c1-8(2)10-6-5-9(3)11(7-10)12-4/h8-12H,5-7H2,1-4H3. The SMILES string of the molecule is CNC1CC(C(C)C)CCC1C. The van der Waals surface area contributed by atoms with Crippen molar-refractivity contribution in [1.29, 1.82) is 0 Å². The van der Waals surface area contributed by atoms with Crippen LogP contribution in [0.4, 0.5) is 0 Å². The Labute approximate surface area is 76.9 Å². The largest absolute Gasteiger partial charge is 0.317 e. The first-order valence-corrected chi connectivity index (χ1v) is 5.32. The Morgan fingerprint density at radius 2 is 1.92 bits per heavy atom. The Hall–Kier alpha value is -0.0400. The minimum absolute atomic E-state index is 0.770. The van der Waals surface area contributed by atoms with Gasteiger partial charge in [0.1, 0.15) is 0 Å². The van der Waals surface area contributed by atoms with Crippen molar-refractivity contribution in [1.82, 2.24) is 5.32 Å². The van der Waals surface area contributed by atoms with Gasteiger partial charge in [0.2, 0.25) is 0 Å². The Morgan fingerprint density at radius 1 is 1.25 bits per heavy atom. The summed E-state index contributed by atoms with van der Waals surface area (Å²) in [5.74, 6) is 2.71. The minimum Gasteiger partial charge on any atom is -0.317 e. The molecule has 0 aromatic rings. The average molecular weight is 169 g/mol. The molecule has 0 heterocycles. The number of hydrogen-bond acceptors (Lipinski definition) is 1. The lowest BCUT2D eigenvalue weighted by Gasteiger charge is -2.36. The van der Waals surface area contributed by atoms with E-state index in [1.807, 2.05) is 0 Å². The molecule has 1 rings (SSSR count). The highest BCUT2D eigenvalue weighted by Crippen LogP contribution is 2.32. The van der Waals surface area contributed by atoms with Crippen LogP contribution in [0, 0.1) is 17.8 Å². The first-order valence-electron chi connectivity index (χ1n) is 5.32. The fourth-order valence-electron chi connectivity index (χ4n) is 2.36. The third kappa shape index (κ3) is 2.22. The van der Waals surface area contributed by atoms with Crippen molar-refractivity contribution in [3.63, 3.8) is 0 Å². The molecule has 1 heteroatoms. The van der Waals surface area contributed by atoms with Crippen LogP contribution in [0.1, 0.15) is 40.0 Å². The molecule has 1 N–H and O–H groups in total. The first-order chi connectivity index (χ1) is 5.65. The molecule has 3 atom stereocenters. The van der Waals surface area contributed by atoms with Gasteiger partial charge in [0.15, 0.2) is 0 Å². The Morgan fingerprint density at radius 3 is 2.42 bits per heavy atom. The molecule has 0 saturated heterocycles. The van der Waals surface area contributed by atoms with Gasteiger partial charge in [-0.1, -0.05) is 20.8 Å². The fraction of sp³-hybridized carbons (Fsp3) is 1.00. The molecule has 1 fully saturated rings. The highest BCUT2D eigenvalue weighted by atomic mass is 14.9. The second-order valence-corrected chi connectivity index (χ2v) is 4.69. The number of nitrogens with one attached hydrogen (secondary N) is 1. The van der Waals surface area contributed by atoms with Gasteiger partial charge in [-0.15, -0.1) is 0 Å². The zero-order chi connectivity index (χ0) is 9.14. The third-order valence-electron chi connectivity index (χ3n) is 3.55. The second-order valence-electron chi connectivity index (χ2n) is 4.69. The minimum atomic E-state index is 0.770. The van der Waals surface area contributed by atoms with Crippen LogP contribution in [0.15, 0.2) is 0 Å². The van der Waals surface area contributed by atoms with Crippen LogP contribution in [0.25, 0.3) is 0 Å². The Bertz CT molecular complexity index is 131. The van der Waals surface area contributed by atoms with E-state index in [-0.39, 0.29) is 0 Å². The molecule has 0 aliphatic heterocycles. The molecule has 0 amide bonds. The van der Waals surface area contributed by atoms with E-state index in [9.17, 15) is 0 Å². The summed E-state index contributed by atoms with van der Waals surface area (Å²) in [5.41, 5.74) is 0. The summed E-state index contributed by atoms with van der Waals surface area (Å²) < 4.78 is 0. The normalized spacial score (nSPS) is 37.2. The van der Waals surface area contributed by atoms with Gasteiger partial charge in [-0.3, -0.25) is 0 Å². The quantitative estimate of drug-likeness (QED) is 0.670. The summed E-state index contributed by atoms with van der Waals surface area (Å²) >= 11 is 0. The van der Waals surface area contributed by atoms with E-state index in [4.69, 9.17) is 0 Å². The van der Waals surface area contributed by atoms with Gasteiger partial charge in [0.05, 0.1) is 0 Å². The molecule has 1 saturated carbocycles. The molecule has 0 aromatic carbocycles. The Kier molecular flexibility index (Phi) is 3.57. The first kappa shape index (κ1) is 10.0. The summed E-state index contributed by atoms with van der Waals surface area (Å²) in [5, 5.41) is 3.44. The molecule has 3 unspecified atom stereocenters. The van der Waals surface area contributed by atoms with E-state index in [1.165, 1.54) is 19.3 Å². The zero-order valence-electron chi connectivity index (χ0n) is 8.93. The summed E-state index contributed by atoms with van der Waals surface area (Å²) in [6.45, 7) is 7.08. The molecule has 1 nitrogen and oxygen atoms in total. The lowest BCUT2D eigenvalue weighted by molar-refractivity contribution is 0.187. The van der Waals surface area contributed by atoms with Crippen molar-refractivity contribution in [3.05, 3.63) is 0 Å². The van der Waals surface area contributed by atoms with E-state index in [0.717, 1.165) is 23.8 Å². The lowest BCUT2D eigenvalue weighted by Crippen LogP contribution is -2.38. The third-order valence-corrected chi connectivity index (χ3v) is 3.55. The van der Waals surface area contributed by atoms with Crippen molar-refractivity contribution < 1.29 is 0 Å². The summed E-state index contributed by atoms with van der Waals surface area (Å²) in [7, 11) is 2.10. The van der Waals surface area contributed by atoms with Gasteiger partial charge in [-0.25, -0.2) is 0 Å². The molecule has 0 bridgehead atoms. The van der Waals surface area contributed by atoms with Crippen LogP contribution in [0.5, 0.6) is 0 Å². The molecule has 0 radical (unpaired) electrons. The van der Waals surface area contributed by atoms with Crippen LogP contribution in [-0.2, 0) is 0 Å². The van der Waals surface area contributed by atoms with Crippen LogP contribution in [0.3, 0.4) is 0 Å². The van der Waals surface area contributed by atoms with Crippen molar-refractivity contribution in [2.45, 2.75) is 46.1 Å². The van der Waals surface area contributed by atoms with Gasteiger partial charge in [0.25, 0.3) is 0 Å². The summed E-state index contributed by atoms with van der Waals surface area (Å²) in [6.07, 6.45) is 4.24. The van der Waals surface area contributed by atoms with Crippen LogP contribution in [-0.4, -0.2) is 13.1 Å². The van der Waals surface area contributed by atoms with Gasteiger partial charge < -0.3 is 5.32 Å². The molecule has 72 valence electrons. The molecule has 1 aliphatic rings. The maximum atomic E-state index is 3.44. The van der Waals surface area contributed by atoms with Gasteiger partial charge in [-0.2, -0.15) is 0 Å². The molecule has 12 heavy (non-hydrogen) atoms. The van der Waals surface area contributed by atoms with Crippen molar-refractivity contribution in [2.24, 2.45) is 17.8 Å². The van der Waals surface area contributed by atoms with Crippen molar-refractivity contribution in [2.75, 3.05) is 7.05 Å². The van der Waals surface area contributed by atoms with E-state index in [1.54, 1.807) is 0 Å². The highest BCUT2D eigenvalue weighted by Gasteiger charge is 2.27. The number of hydrogen-bond donors (Lipinski definition) is 1. The molecular formula is C11H23N. The van der Waals surface area contributed by atoms with E-state index < -0.39 is 0 Å². The number of rotatable bonds is 2. The fourth-order valence-corrected chi connectivity index (χ4v) is 2.36. The molecule has 0 spiro atoms.